The minimum atomic E-state index is -0.566. The van der Waals surface area contributed by atoms with Crippen molar-refractivity contribution in [2.75, 3.05) is 19.7 Å². The van der Waals surface area contributed by atoms with Crippen LogP contribution in [0, 0.1) is 0 Å². The number of fused-ring (bicyclic) bond motifs is 1. The van der Waals surface area contributed by atoms with Crippen molar-refractivity contribution in [3.05, 3.63) is 66.0 Å². The van der Waals surface area contributed by atoms with Gasteiger partial charge in [-0.2, -0.15) is 0 Å². The van der Waals surface area contributed by atoms with E-state index in [0.29, 0.717) is 19.7 Å². The van der Waals surface area contributed by atoms with E-state index in [1.165, 1.54) is 0 Å². The van der Waals surface area contributed by atoms with E-state index in [0.717, 1.165) is 46.4 Å². The minimum Gasteiger partial charge on any atom is -0.494 e. The van der Waals surface area contributed by atoms with Crippen molar-refractivity contribution in [2.45, 2.75) is 38.7 Å². The summed E-state index contributed by atoms with van der Waals surface area (Å²) in [6, 6.07) is 13.8. The number of hydrogen-bond donors (Lipinski definition) is 2. The van der Waals surface area contributed by atoms with Crippen LogP contribution in [0.25, 0.3) is 10.8 Å². The first-order valence-electron chi connectivity index (χ1n) is 10.4. The number of likely N-dealkylation sites (tertiary alicyclic amines) is 1. The normalized spacial score (nSPS) is 19.7. The molecule has 1 aromatic heterocycles. The Morgan fingerprint density at radius 2 is 2.03 bits per heavy atom. The molecule has 0 unspecified atom stereocenters. The van der Waals surface area contributed by atoms with E-state index < -0.39 is 6.10 Å². The van der Waals surface area contributed by atoms with Crippen LogP contribution < -0.4 is 9.47 Å². The van der Waals surface area contributed by atoms with Gasteiger partial charge in [0.05, 0.1) is 13.2 Å². The van der Waals surface area contributed by atoms with Crippen molar-refractivity contribution >= 4 is 10.8 Å². The van der Waals surface area contributed by atoms with Gasteiger partial charge in [-0.25, -0.2) is 0 Å². The number of benzene rings is 2. The van der Waals surface area contributed by atoms with Crippen LogP contribution in [0.1, 0.15) is 24.5 Å². The predicted octanol–water partition coefficient (Wildman–Crippen LogP) is 3.14. The SMILES string of the molecule is CCOc1ccc(CN2CC[C@@H](Oc3ccc4ccncc4c3)[C@H](O)C2)cc1CO. The summed E-state index contributed by atoms with van der Waals surface area (Å²) in [4.78, 5) is 6.37. The zero-order chi connectivity index (χ0) is 20.9. The molecule has 158 valence electrons. The van der Waals surface area contributed by atoms with Gasteiger partial charge in [-0.1, -0.05) is 12.1 Å². The fourth-order valence-corrected chi connectivity index (χ4v) is 3.98. The van der Waals surface area contributed by atoms with Crippen molar-refractivity contribution in [2.24, 2.45) is 0 Å². The first kappa shape index (κ1) is 20.6. The third kappa shape index (κ3) is 4.73. The molecule has 2 N–H and O–H groups in total. The van der Waals surface area contributed by atoms with E-state index in [9.17, 15) is 10.2 Å². The maximum atomic E-state index is 10.7. The van der Waals surface area contributed by atoms with Gasteiger partial charge in [-0.15, -0.1) is 0 Å². The van der Waals surface area contributed by atoms with Crippen molar-refractivity contribution in [3.8, 4) is 11.5 Å². The van der Waals surface area contributed by atoms with Gasteiger partial charge in [0.15, 0.2) is 0 Å². The molecule has 0 aliphatic carbocycles. The average molecular weight is 408 g/mol. The second kappa shape index (κ2) is 9.43. The molecule has 0 amide bonds. The van der Waals surface area contributed by atoms with Gasteiger partial charge in [0, 0.05) is 43.0 Å². The number of piperidine rings is 1. The highest BCUT2D eigenvalue weighted by Crippen LogP contribution is 2.25. The van der Waals surface area contributed by atoms with Gasteiger partial charge in [0.1, 0.15) is 23.7 Å². The molecule has 2 atom stereocenters. The first-order chi connectivity index (χ1) is 14.7. The number of rotatable bonds is 7. The highest BCUT2D eigenvalue weighted by Gasteiger charge is 2.29. The molecule has 0 bridgehead atoms. The molecule has 6 heteroatoms. The van der Waals surface area contributed by atoms with Crippen LogP contribution in [0.2, 0.25) is 0 Å². The van der Waals surface area contributed by atoms with Crippen molar-refractivity contribution in [3.63, 3.8) is 0 Å². The Balaban J connectivity index is 1.36. The number of hydrogen-bond acceptors (Lipinski definition) is 6. The van der Waals surface area contributed by atoms with Gasteiger partial charge in [-0.05, 0) is 54.6 Å². The van der Waals surface area contributed by atoms with E-state index in [1.807, 2.05) is 55.6 Å². The summed E-state index contributed by atoms with van der Waals surface area (Å²) in [6.45, 7) is 4.53. The minimum absolute atomic E-state index is 0.0526. The van der Waals surface area contributed by atoms with Crippen LogP contribution in [-0.4, -0.2) is 52.0 Å². The number of β-amino-alcohol motifs (C(OH)–C–C–N with tert-alkyl or cyclic N) is 1. The molecular formula is C24H28N2O4. The third-order valence-electron chi connectivity index (χ3n) is 5.51. The summed E-state index contributed by atoms with van der Waals surface area (Å²) < 4.78 is 11.7. The molecule has 1 aliphatic heterocycles. The van der Waals surface area contributed by atoms with Gasteiger partial charge < -0.3 is 19.7 Å². The summed E-state index contributed by atoms with van der Waals surface area (Å²) in [5.41, 5.74) is 1.88. The molecule has 0 saturated carbocycles. The van der Waals surface area contributed by atoms with E-state index in [-0.39, 0.29) is 12.7 Å². The maximum Gasteiger partial charge on any atom is 0.127 e. The van der Waals surface area contributed by atoms with Gasteiger partial charge in [-0.3, -0.25) is 9.88 Å². The summed E-state index contributed by atoms with van der Waals surface area (Å²) in [5, 5.41) is 22.4. The Kier molecular flexibility index (Phi) is 6.47. The number of aliphatic hydroxyl groups excluding tert-OH is 2. The lowest BCUT2D eigenvalue weighted by molar-refractivity contribution is -0.0274. The zero-order valence-electron chi connectivity index (χ0n) is 17.2. The largest absolute Gasteiger partial charge is 0.494 e. The quantitative estimate of drug-likeness (QED) is 0.626. The van der Waals surface area contributed by atoms with Crippen LogP contribution in [-0.2, 0) is 13.2 Å². The van der Waals surface area contributed by atoms with Crippen LogP contribution >= 0.6 is 0 Å². The maximum absolute atomic E-state index is 10.7. The van der Waals surface area contributed by atoms with E-state index in [2.05, 4.69) is 9.88 Å². The number of pyridine rings is 1. The summed E-state index contributed by atoms with van der Waals surface area (Å²) in [7, 11) is 0. The van der Waals surface area contributed by atoms with Crippen LogP contribution in [0.5, 0.6) is 11.5 Å². The van der Waals surface area contributed by atoms with Gasteiger partial charge in [0.2, 0.25) is 0 Å². The molecule has 2 aromatic carbocycles. The van der Waals surface area contributed by atoms with E-state index in [4.69, 9.17) is 9.47 Å². The van der Waals surface area contributed by atoms with Crippen molar-refractivity contribution < 1.29 is 19.7 Å². The standard InChI is InChI=1S/C24H28N2O4/c1-2-29-23-6-3-17(11-20(23)16-27)14-26-10-8-24(22(28)15-26)30-21-5-4-18-7-9-25-13-19(18)12-21/h3-7,9,11-13,22,24,27-28H,2,8,10,14-16H2,1H3/t22-,24-/m1/s1. The Labute approximate surface area is 176 Å². The average Bonchev–Trinajstić information content (AvgIpc) is 2.77. The molecule has 2 heterocycles. The van der Waals surface area contributed by atoms with Crippen LogP contribution in [0.3, 0.4) is 0 Å². The molecule has 1 fully saturated rings. The Morgan fingerprint density at radius 1 is 1.13 bits per heavy atom. The van der Waals surface area contributed by atoms with Crippen LogP contribution in [0.15, 0.2) is 54.9 Å². The lowest BCUT2D eigenvalue weighted by atomic mass is 10.0. The highest BCUT2D eigenvalue weighted by molar-refractivity contribution is 5.82. The summed E-state index contributed by atoms with van der Waals surface area (Å²) in [6.07, 6.45) is 3.54. The first-order valence-corrected chi connectivity index (χ1v) is 10.4. The Morgan fingerprint density at radius 3 is 2.83 bits per heavy atom. The number of nitrogens with zero attached hydrogens (tertiary/aromatic N) is 2. The van der Waals surface area contributed by atoms with Crippen LogP contribution in [0.4, 0.5) is 0 Å². The highest BCUT2D eigenvalue weighted by atomic mass is 16.5. The molecule has 0 radical (unpaired) electrons. The molecule has 30 heavy (non-hydrogen) atoms. The zero-order valence-corrected chi connectivity index (χ0v) is 17.2. The number of ether oxygens (including phenoxy) is 2. The molecule has 1 aliphatic rings. The van der Waals surface area contributed by atoms with E-state index >= 15 is 0 Å². The molecule has 0 spiro atoms. The fourth-order valence-electron chi connectivity index (χ4n) is 3.98. The molecule has 6 nitrogen and oxygen atoms in total. The Hall–Kier alpha value is -2.67. The van der Waals surface area contributed by atoms with Gasteiger partial charge in [0.25, 0.3) is 0 Å². The monoisotopic (exact) mass is 408 g/mol. The lowest BCUT2D eigenvalue weighted by Crippen LogP contribution is -2.48. The Bertz CT molecular complexity index is 994. The topological polar surface area (TPSA) is 75.1 Å². The van der Waals surface area contributed by atoms with Crippen molar-refractivity contribution in [1.29, 1.82) is 0 Å². The summed E-state index contributed by atoms with van der Waals surface area (Å²) >= 11 is 0. The summed E-state index contributed by atoms with van der Waals surface area (Å²) in [5.74, 6) is 1.48. The third-order valence-corrected chi connectivity index (χ3v) is 5.51. The second-order valence-corrected chi connectivity index (χ2v) is 7.67. The smallest absolute Gasteiger partial charge is 0.127 e. The van der Waals surface area contributed by atoms with E-state index in [1.54, 1.807) is 6.20 Å². The predicted molar refractivity (Wildman–Crippen MR) is 116 cm³/mol. The fraction of sp³-hybridized carbons (Fsp3) is 0.375. The molecule has 1 saturated heterocycles. The van der Waals surface area contributed by atoms with Crippen molar-refractivity contribution in [1.82, 2.24) is 9.88 Å². The second-order valence-electron chi connectivity index (χ2n) is 7.67. The molecular weight excluding hydrogens is 380 g/mol. The number of aliphatic hydroxyl groups is 2. The number of aromatic nitrogens is 1. The molecule has 4 rings (SSSR count). The lowest BCUT2D eigenvalue weighted by Gasteiger charge is -2.36. The van der Waals surface area contributed by atoms with Gasteiger partial charge >= 0.3 is 0 Å². The molecule has 3 aromatic rings.